The molecule has 2 fully saturated rings. The number of aliphatic imine (C=N–C) groups is 1. The summed E-state index contributed by atoms with van der Waals surface area (Å²) in [4.78, 5) is 23.5. The van der Waals surface area contributed by atoms with E-state index >= 15 is 0 Å². The number of piperazine rings is 1. The summed E-state index contributed by atoms with van der Waals surface area (Å²) in [7, 11) is 1.82. The van der Waals surface area contributed by atoms with Gasteiger partial charge in [-0.1, -0.05) is 24.3 Å². The molecule has 1 aromatic carbocycles. The zero-order valence-electron chi connectivity index (χ0n) is 17.6. The number of hydrogen-bond acceptors (Lipinski definition) is 4. The molecule has 7 nitrogen and oxygen atoms in total. The number of nitrogens with one attached hydrogen (secondary N) is 1. The van der Waals surface area contributed by atoms with Crippen LogP contribution in [-0.4, -0.2) is 80.7 Å². The van der Waals surface area contributed by atoms with Crippen LogP contribution in [0.3, 0.4) is 0 Å². The molecule has 1 amide bonds. The molecule has 30 heavy (non-hydrogen) atoms. The summed E-state index contributed by atoms with van der Waals surface area (Å²) in [6.45, 7) is 6.42. The molecule has 1 aromatic rings. The normalized spacial score (nSPS) is 21.7. The highest BCUT2D eigenvalue weighted by Gasteiger charge is 2.30. The Labute approximate surface area is 196 Å². The van der Waals surface area contributed by atoms with Gasteiger partial charge in [-0.15, -0.1) is 24.0 Å². The maximum Gasteiger partial charge on any atom is 0.251 e. The fraction of sp³-hybridized carbons (Fsp3) is 0.545. The molecule has 1 atom stereocenters. The highest BCUT2D eigenvalue weighted by Crippen LogP contribution is 2.19. The lowest BCUT2D eigenvalue weighted by Crippen LogP contribution is -2.55. The van der Waals surface area contributed by atoms with Gasteiger partial charge in [-0.05, 0) is 30.5 Å². The van der Waals surface area contributed by atoms with Crippen LogP contribution in [0.2, 0.25) is 0 Å². The van der Waals surface area contributed by atoms with Gasteiger partial charge < -0.3 is 24.8 Å². The smallest absolute Gasteiger partial charge is 0.251 e. The van der Waals surface area contributed by atoms with E-state index in [4.69, 9.17) is 4.74 Å². The van der Waals surface area contributed by atoms with Gasteiger partial charge in [0, 0.05) is 65.2 Å². The second-order valence-corrected chi connectivity index (χ2v) is 7.76. The standard InChI is InChI=1S/C22H31N5O2.HI/c1-23-22(24-17-18-6-4-7-19(16-18)25-9-2-3-10-25)27-13-11-26(12-14-27)21(28)20-8-5-15-29-20;/h2-4,6-7,16,20H,5,8-15,17H2,1H3,(H,23,24);1H. The highest BCUT2D eigenvalue weighted by atomic mass is 127. The fourth-order valence-corrected chi connectivity index (χ4v) is 4.18. The van der Waals surface area contributed by atoms with Crippen molar-refractivity contribution in [2.75, 3.05) is 57.8 Å². The molecule has 0 aromatic heterocycles. The van der Waals surface area contributed by atoms with Crippen molar-refractivity contribution < 1.29 is 9.53 Å². The Morgan fingerprint density at radius 1 is 1.17 bits per heavy atom. The number of carbonyl (C=O) groups excluding carboxylic acids is 1. The predicted octanol–water partition coefficient (Wildman–Crippen LogP) is 2.08. The lowest BCUT2D eigenvalue weighted by molar-refractivity contribution is -0.142. The number of guanidine groups is 1. The Balaban J connectivity index is 0.00000256. The first-order valence-corrected chi connectivity index (χ1v) is 10.6. The van der Waals surface area contributed by atoms with Crippen molar-refractivity contribution in [1.82, 2.24) is 15.1 Å². The Kier molecular flexibility index (Phi) is 8.38. The molecule has 1 N–H and O–H groups in total. The van der Waals surface area contributed by atoms with E-state index in [1.165, 1.54) is 11.3 Å². The van der Waals surface area contributed by atoms with Gasteiger partial charge in [0.2, 0.25) is 0 Å². The molecule has 164 valence electrons. The van der Waals surface area contributed by atoms with Crippen molar-refractivity contribution in [3.8, 4) is 0 Å². The second kappa shape index (κ2) is 11.0. The average Bonchev–Trinajstić information content (AvgIpc) is 3.49. The largest absolute Gasteiger partial charge is 0.368 e. The number of benzene rings is 1. The van der Waals surface area contributed by atoms with Gasteiger partial charge in [0.25, 0.3) is 5.91 Å². The minimum absolute atomic E-state index is 0. The first-order valence-electron chi connectivity index (χ1n) is 10.6. The van der Waals surface area contributed by atoms with Crippen molar-refractivity contribution in [1.29, 1.82) is 0 Å². The van der Waals surface area contributed by atoms with E-state index < -0.39 is 0 Å². The van der Waals surface area contributed by atoms with E-state index in [2.05, 4.69) is 56.5 Å². The van der Waals surface area contributed by atoms with E-state index in [9.17, 15) is 4.79 Å². The quantitative estimate of drug-likeness (QED) is 0.283. The van der Waals surface area contributed by atoms with Crippen molar-refractivity contribution in [3.05, 3.63) is 42.0 Å². The maximum absolute atomic E-state index is 12.5. The molecule has 3 heterocycles. The number of nitrogens with zero attached hydrogens (tertiary/aromatic N) is 4. The summed E-state index contributed by atoms with van der Waals surface area (Å²) in [5.74, 6) is 1.04. The molecule has 0 saturated carbocycles. The second-order valence-electron chi connectivity index (χ2n) is 7.76. The van der Waals surface area contributed by atoms with Crippen molar-refractivity contribution in [2.24, 2.45) is 4.99 Å². The van der Waals surface area contributed by atoms with Crippen LogP contribution in [0, 0.1) is 0 Å². The number of carbonyl (C=O) groups is 1. The van der Waals surface area contributed by atoms with Crippen molar-refractivity contribution >= 4 is 41.5 Å². The fourth-order valence-electron chi connectivity index (χ4n) is 4.18. The topological polar surface area (TPSA) is 60.4 Å². The summed E-state index contributed by atoms with van der Waals surface area (Å²) < 4.78 is 5.55. The lowest BCUT2D eigenvalue weighted by atomic mass is 10.2. The van der Waals surface area contributed by atoms with Gasteiger partial charge in [0.15, 0.2) is 5.96 Å². The zero-order chi connectivity index (χ0) is 20.1. The molecule has 1 unspecified atom stereocenters. The molecule has 3 aliphatic rings. The molecular weight excluding hydrogens is 493 g/mol. The van der Waals surface area contributed by atoms with E-state index in [-0.39, 0.29) is 36.0 Å². The van der Waals surface area contributed by atoms with E-state index in [1.807, 2.05) is 11.9 Å². The number of ether oxygens (including phenoxy) is 1. The predicted molar refractivity (Wildman–Crippen MR) is 131 cm³/mol. The Bertz CT molecular complexity index is 763. The SMILES string of the molecule is CN=C(NCc1cccc(N2CC=CC2)c1)N1CCN(C(=O)C2CCCO2)CC1.I. The number of hydrogen-bond donors (Lipinski definition) is 1. The van der Waals surface area contributed by atoms with Gasteiger partial charge in [0.1, 0.15) is 6.10 Å². The minimum atomic E-state index is -0.225. The lowest BCUT2D eigenvalue weighted by Gasteiger charge is -2.37. The Morgan fingerprint density at radius 2 is 1.90 bits per heavy atom. The van der Waals surface area contributed by atoms with Crippen LogP contribution in [0.25, 0.3) is 0 Å². The number of anilines is 1. The molecule has 4 rings (SSSR count). The molecule has 0 spiro atoms. The van der Waals surface area contributed by atoms with E-state index in [1.54, 1.807) is 0 Å². The monoisotopic (exact) mass is 525 g/mol. The van der Waals surface area contributed by atoms with Gasteiger partial charge in [0.05, 0.1) is 0 Å². The first kappa shape index (κ1) is 22.9. The minimum Gasteiger partial charge on any atom is -0.368 e. The van der Waals surface area contributed by atoms with Crippen LogP contribution in [0.1, 0.15) is 18.4 Å². The highest BCUT2D eigenvalue weighted by molar-refractivity contribution is 14.0. The molecular formula is C22H32IN5O2. The molecule has 8 heteroatoms. The van der Waals surface area contributed by atoms with Gasteiger partial charge in [-0.3, -0.25) is 9.79 Å². The maximum atomic E-state index is 12.5. The third kappa shape index (κ3) is 5.46. The Hall–Kier alpha value is -1.81. The van der Waals surface area contributed by atoms with E-state index in [0.717, 1.165) is 64.6 Å². The number of amides is 1. The molecule has 0 bridgehead atoms. The van der Waals surface area contributed by atoms with Crippen LogP contribution < -0.4 is 10.2 Å². The van der Waals surface area contributed by atoms with Crippen LogP contribution >= 0.6 is 24.0 Å². The van der Waals surface area contributed by atoms with Gasteiger partial charge >= 0.3 is 0 Å². The number of rotatable bonds is 4. The van der Waals surface area contributed by atoms with Crippen LogP contribution in [0.5, 0.6) is 0 Å². The summed E-state index contributed by atoms with van der Waals surface area (Å²) >= 11 is 0. The van der Waals surface area contributed by atoms with Gasteiger partial charge in [-0.25, -0.2) is 0 Å². The van der Waals surface area contributed by atoms with Crippen molar-refractivity contribution in [2.45, 2.75) is 25.5 Å². The third-order valence-electron chi connectivity index (χ3n) is 5.85. The van der Waals surface area contributed by atoms with E-state index in [0.29, 0.717) is 6.61 Å². The summed E-state index contributed by atoms with van der Waals surface area (Å²) in [5, 5.41) is 3.49. The summed E-state index contributed by atoms with van der Waals surface area (Å²) in [5.41, 5.74) is 2.49. The number of halogens is 1. The zero-order valence-corrected chi connectivity index (χ0v) is 20.0. The molecule has 3 aliphatic heterocycles. The average molecular weight is 525 g/mol. The van der Waals surface area contributed by atoms with Crippen LogP contribution in [-0.2, 0) is 16.1 Å². The summed E-state index contributed by atoms with van der Waals surface area (Å²) in [6.07, 6.45) is 6.03. The van der Waals surface area contributed by atoms with Crippen LogP contribution in [0.15, 0.2) is 41.4 Å². The molecule has 0 radical (unpaired) electrons. The first-order chi connectivity index (χ1) is 14.2. The van der Waals surface area contributed by atoms with Gasteiger partial charge in [-0.2, -0.15) is 0 Å². The Morgan fingerprint density at radius 3 is 2.57 bits per heavy atom. The van der Waals surface area contributed by atoms with Crippen molar-refractivity contribution in [3.63, 3.8) is 0 Å². The van der Waals surface area contributed by atoms with Crippen LogP contribution in [0.4, 0.5) is 5.69 Å². The third-order valence-corrected chi connectivity index (χ3v) is 5.85. The molecule has 2 saturated heterocycles. The summed E-state index contributed by atoms with van der Waals surface area (Å²) in [6, 6.07) is 8.66. The molecule has 0 aliphatic carbocycles.